The first-order valence-corrected chi connectivity index (χ1v) is 9.76. The van der Waals surface area contributed by atoms with Crippen LogP contribution >= 0.6 is 0 Å². The van der Waals surface area contributed by atoms with Crippen LogP contribution in [-0.4, -0.2) is 36.9 Å². The van der Waals surface area contributed by atoms with E-state index in [2.05, 4.69) is 19.2 Å². The van der Waals surface area contributed by atoms with E-state index in [0.717, 1.165) is 17.7 Å². The summed E-state index contributed by atoms with van der Waals surface area (Å²) < 4.78 is 6.09. The van der Waals surface area contributed by atoms with Crippen molar-refractivity contribution in [2.45, 2.75) is 45.6 Å². The van der Waals surface area contributed by atoms with Gasteiger partial charge in [0.25, 0.3) is 11.8 Å². The Hall–Kier alpha value is -2.82. The molecule has 0 aliphatic rings. The Kier molecular flexibility index (Phi) is 7.61. The van der Waals surface area contributed by atoms with E-state index in [1.807, 2.05) is 31.2 Å². The van der Waals surface area contributed by atoms with E-state index in [1.165, 1.54) is 4.90 Å². The molecule has 150 valence electrons. The summed E-state index contributed by atoms with van der Waals surface area (Å²) in [6, 6.07) is 14.9. The molecule has 1 N–H and O–H groups in total. The Morgan fingerprint density at radius 3 is 2.29 bits per heavy atom. The second kappa shape index (κ2) is 9.93. The number of hydrogen-bond acceptors (Lipinski definition) is 3. The van der Waals surface area contributed by atoms with Crippen LogP contribution in [0, 0.1) is 0 Å². The number of nitrogens with zero attached hydrogens (tertiary/aromatic N) is 1. The van der Waals surface area contributed by atoms with Crippen molar-refractivity contribution in [2.24, 2.45) is 0 Å². The van der Waals surface area contributed by atoms with Crippen molar-refractivity contribution in [3.8, 4) is 5.75 Å². The van der Waals surface area contributed by atoms with Gasteiger partial charge in [0.05, 0.1) is 11.3 Å². The topological polar surface area (TPSA) is 58.6 Å². The van der Waals surface area contributed by atoms with Gasteiger partial charge in [-0.2, -0.15) is 0 Å². The zero-order valence-electron chi connectivity index (χ0n) is 17.4. The standard InChI is InChI=1S/C23H30N2O3/c1-6-16(3)17-12-9-11-15-21(17)28-20(7-2)22(26)24-19-14-10-8-13-18(19)23(27)25(4)5/h8-16,20H,6-7H2,1-5H3,(H,24,26). The fourth-order valence-corrected chi connectivity index (χ4v) is 2.92. The second-order valence-electron chi connectivity index (χ2n) is 7.10. The van der Waals surface area contributed by atoms with Crippen LogP contribution in [0.4, 0.5) is 5.69 Å². The van der Waals surface area contributed by atoms with Gasteiger partial charge >= 0.3 is 0 Å². The van der Waals surface area contributed by atoms with Gasteiger partial charge in [0.15, 0.2) is 6.10 Å². The minimum atomic E-state index is -0.646. The Labute approximate surface area is 167 Å². The highest BCUT2D eigenvalue weighted by molar-refractivity contribution is 6.04. The summed E-state index contributed by atoms with van der Waals surface area (Å²) in [6.45, 7) is 6.18. The average Bonchev–Trinajstić information content (AvgIpc) is 2.71. The molecule has 0 heterocycles. The van der Waals surface area contributed by atoms with Gasteiger partial charge in [-0.25, -0.2) is 0 Å². The Morgan fingerprint density at radius 2 is 1.64 bits per heavy atom. The highest BCUT2D eigenvalue weighted by atomic mass is 16.5. The fraction of sp³-hybridized carbons (Fsp3) is 0.391. The molecule has 0 fully saturated rings. The zero-order chi connectivity index (χ0) is 20.7. The van der Waals surface area contributed by atoms with Crippen LogP contribution < -0.4 is 10.1 Å². The fourth-order valence-electron chi connectivity index (χ4n) is 2.92. The van der Waals surface area contributed by atoms with Crippen molar-refractivity contribution >= 4 is 17.5 Å². The molecule has 2 rings (SSSR count). The highest BCUT2D eigenvalue weighted by Gasteiger charge is 2.23. The van der Waals surface area contributed by atoms with E-state index in [9.17, 15) is 9.59 Å². The summed E-state index contributed by atoms with van der Waals surface area (Å²) in [4.78, 5) is 26.7. The molecule has 2 aromatic rings. The summed E-state index contributed by atoms with van der Waals surface area (Å²) in [5.74, 6) is 0.652. The number of para-hydroxylation sites is 2. The van der Waals surface area contributed by atoms with E-state index in [-0.39, 0.29) is 11.8 Å². The summed E-state index contributed by atoms with van der Waals surface area (Å²) in [5, 5.41) is 2.87. The summed E-state index contributed by atoms with van der Waals surface area (Å²) in [6.07, 6.45) is 0.862. The van der Waals surface area contributed by atoms with E-state index >= 15 is 0 Å². The van der Waals surface area contributed by atoms with Gasteiger partial charge in [-0.15, -0.1) is 0 Å². The molecule has 2 aromatic carbocycles. The lowest BCUT2D eigenvalue weighted by atomic mass is 9.98. The van der Waals surface area contributed by atoms with Gasteiger partial charge in [0, 0.05) is 14.1 Å². The maximum absolute atomic E-state index is 12.9. The summed E-state index contributed by atoms with van der Waals surface area (Å²) >= 11 is 0. The number of benzene rings is 2. The lowest BCUT2D eigenvalue weighted by Gasteiger charge is -2.22. The first-order valence-electron chi connectivity index (χ1n) is 9.76. The predicted octanol–water partition coefficient (Wildman–Crippen LogP) is 4.70. The second-order valence-corrected chi connectivity index (χ2v) is 7.10. The lowest BCUT2D eigenvalue weighted by molar-refractivity contribution is -0.122. The minimum absolute atomic E-state index is 0.160. The molecule has 5 heteroatoms. The minimum Gasteiger partial charge on any atom is -0.480 e. The van der Waals surface area contributed by atoms with E-state index in [1.54, 1.807) is 38.4 Å². The lowest BCUT2D eigenvalue weighted by Crippen LogP contribution is -2.33. The molecular weight excluding hydrogens is 352 g/mol. The van der Waals surface area contributed by atoms with E-state index in [4.69, 9.17) is 4.74 Å². The van der Waals surface area contributed by atoms with Crippen molar-refractivity contribution in [1.82, 2.24) is 4.90 Å². The van der Waals surface area contributed by atoms with Crippen LogP contribution in [0.2, 0.25) is 0 Å². The van der Waals surface area contributed by atoms with Crippen LogP contribution in [0.25, 0.3) is 0 Å². The van der Waals surface area contributed by atoms with Crippen molar-refractivity contribution in [2.75, 3.05) is 19.4 Å². The Morgan fingerprint density at radius 1 is 1.00 bits per heavy atom. The van der Waals surface area contributed by atoms with Gasteiger partial charge in [-0.05, 0) is 42.5 Å². The maximum atomic E-state index is 12.9. The van der Waals surface area contributed by atoms with E-state index in [0.29, 0.717) is 23.6 Å². The van der Waals surface area contributed by atoms with Crippen molar-refractivity contribution < 1.29 is 14.3 Å². The molecule has 2 atom stereocenters. The third-order valence-electron chi connectivity index (χ3n) is 4.82. The van der Waals surface area contributed by atoms with Crippen LogP contribution in [0.3, 0.4) is 0 Å². The zero-order valence-corrected chi connectivity index (χ0v) is 17.4. The number of rotatable bonds is 8. The number of carbonyl (C=O) groups is 2. The van der Waals surface area contributed by atoms with E-state index < -0.39 is 6.10 Å². The number of anilines is 1. The third kappa shape index (κ3) is 5.12. The molecule has 0 saturated carbocycles. The quantitative estimate of drug-likeness (QED) is 0.720. The van der Waals surface area contributed by atoms with Gasteiger partial charge in [0.2, 0.25) is 0 Å². The normalized spacial score (nSPS) is 12.8. The molecule has 0 aliphatic carbocycles. The van der Waals surface area contributed by atoms with Crippen molar-refractivity contribution in [3.05, 3.63) is 59.7 Å². The monoisotopic (exact) mass is 382 g/mol. The van der Waals surface area contributed by atoms with Crippen LogP contribution in [0.5, 0.6) is 5.75 Å². The number of nitrogens with one attached hydrogen (secondary N) is 1. The number of ether oxygens (including phenoxy) is 1. The Balaban J connectivity index is 2.22. The molecule has 28 heavy (non-hydrogen) atoms. The summed E-state index contributed by atoms with van der Waals surface area (Å²) in [5.41, 5.74) is 2.04. The highest BCUT2D eigenvalue weighted by Crippen LogP contribution is 2.29. The molecule has 2 unspecified atom stereocenters. The first-order chi connectivity index (χ1) is 13.4. The average molecular weight is 383 g/mol. The predicted molar refractivity (Wildman–Crippen MR) is 113 cm³/mol. The molecule has 5 nitrogen and oxygen atoms in total. The molecule has 0 bridgehead atoms. The van der Waals surface area contributed by atoms with Gasteiger partial charge < -0.3 is 15.0 Å². The first kappa shape index (κ1) is 21.5. The van der Waals surface area contributed by atoms with Gasteiger partial charge in [0.1, 0.15) is 5.75 Å². The number of hydrogen-bond donors (Lipinski definition) is 1. The molecule has 0 aliphatic heterocycles. The summed E-state index contributed by atoms with van der Waals surface area (Å²) in [7, 11) is 3.37. The molecule has 0 spiro atoms. The maximum Gasteiger partial charge on any atom is 0.265 e. The van der Waals surface area contributed by atoms with Crippen molar-refractivity contribution in [3.63, 3.8) is 0 Å². The molecule has 0 radical (unpaired) electrons. The SMILES string of the molecule is CCC(Oc1ccccc1C(C)CC)C(=O)Nc1ccccc1C(=O)N(C)C. The molecule has 0 aromatic heterocycles. The Bertz CT molecular complexity index is 817. The molecule has 2 amide bonds. The largest absolute Gasteiger partial charge is 0.480 e. The number of amides is 2. The smallest absolute Gasteiger partial charge is 0.265 e. The van der Waals surface area contributed by atoms with Crippen LogP contribution in [0.15, 0.2) is 48.5 Å². The van der Waals surface area contributed by atoms with Gasteiger partial charge in [-0.3, -0.25) is 9.59 Å². The van der Waals surface area contributed by atoms with Crippen LogP contribution in [0.1, 0.15) is 55.5 Å². The van der Waals surface area contributed by atoms with Crippen LogP contribution in [-0.2, 0) is 4.79 Å². The van der Waals surface area contributed by atoms with Gasteiger partial charge in [-0.1, -0.05) is 51.1 Å². The number of carbonyl (C=O) groups excluding carboxylic acids is 2. The molecule has 0 saturated heterocycles. The third-order valence-corrected chi connectivity index (χ3v) is 4.82. The molecular formula is C23H30N2O3. The van der Waals surface area contributed by atoms with Crippen molar-refractivity contribution in [1.29, 1.82) is 0 Å².